The number of guanidine groups is 1. The van der Waals surface area contributed by atoms with Crippen LogP contribution in [0.3, 0.4) is 0 Å². The number of aryl methyl sites for hydroxylation is 2. The summed E-state index contributed by atoms with van der Waals surface area (Å²) in [6.45, 7) is 3.01. The van der Waals surface area contributed by atoms with Crippen LogP contribution in [0.2, 0.25) is 0 Å². The number of nitrogens with one attached hydrogen (secondary N) is 2. The number of aliphatic imine (C=N–C) groups is 1. The Hall–Kier alpha value is -2.91. The van der Waals surface area contributed by atoms with Gasteiger partial charge < -0.3 is 15.5 Å². The number of rotatable bonds is 6. The molecule has 10 heteroatoms. The molecule has 2 N–H and O–H groups in total. The van der Waals surface area contributed by atoms with Gasteiger partial charge >= 0.3 is 5.69 Å². The molecule has 1 unspecified atom stereocenters. The van der Waals surface area contributed by atoms with E-state index in [0.29, 0.717) is 32.1 Å². The topological polar surface area (TPSA) is 79.5 Å². The van der Waals surface area contributed by atoms with E-state index in [1.54, 1.807) is 21.2 Å². The van der Waals surface area contributed by atoms with Gasteiger partial charge in [0.25, 0.3) is 0 Å². The quantitative estimate of drug-likeness (QED) is 0.410. The van der Waals surface area contributed by atoms with Crippen LogP contribution in [-0.4, -0.2) is 53.0 Å². The second-order valence-corrected chi connectivity index (χ2v) is 8.03. The molecule has 2 aliphatic heterocycles. The predicted octanol–water partition coefficient (Wildman–Crippen LogP) is 1.49. The highest BCUT2D eigenvalue weighted by atomic mass is 19.1. The molecule has 0 amide bonds. The number of anilines is 1. The zero-order valence-electron chi connectivity index (χ0n) is 17.8. The molecule has 168 valence electrons. The van der Waals surface area contributed by atoms with E-state index >= 15 is 0 Å². The molecule has 1 saturated heterocycles. The van der Waals surface area contributed by atoms with Gasteiger partial charge in [-0.2, -0.15) is 5.10 Å². The van der Waals surface area contributed by atoms with E-state index in [2.05, 4.69) is 20.7 Å². The van der Waals surface area contributed by atoms with Crippen molar-refractivity contribution in [1.29, 1.82) is 0 Å². The highest BCUT2D eigenvalue weighted by Gasteiger charge is 2.27. The van der Waals surface area contributed by atoms with Crippen molar-refractivity contribution in [3.8, 4) is 0 Å². The Morgan fingerprint density at radius 2 is 2.06 bits per heavy atom. The van der Waals surface area contributed by atoms with Crippen molar-refractivity contribution >= 4 is 11.6 Å². The first-order valence-electron chi connectivity index (χ1n) is 10.9. The summed E-state index contributed by atoms with van der Waals surface area (Å²) in [4.78, 5) is 18.3. The molecule has 2 aromatic rings. The van der Waals surface area contributed by atoms with Gasteiger partial charge in [-0.1, -0.05) is 6.07 Å². The molecular weight excluding hydrogens is 404 g/mol. The third kappa shape index (κ3) is 4.72. The summed E-state index contributed by atoms with van der Waals surface area (Å²) in [7, 11) is 1.69. The number of para-hydroxylation sites is 1. The monoisotopic (exact) mass is 433 g/mol. The van der Waals surface area contributed by atoms with Crippen molar-refractivity contribution in [2.45, 2.75) is 51.2 Å². The number of benzene rings is 1. The molecule has 8 nitrogen and oxygen atoms in total. The van der Waals surface area contributed by atoms with Crippen molar-refractivity contribution in [2.75, 3.05) is 31.6 Å². The molecular formula is C21H29F2N7O. The van der Waals surface area contributed by atoms with Gasteiger partial charge in [-0.25, -0.2) is 18.3 Å². The van der Waals surface area contributed by atoms with E-state index in [0.717, 1.165) is 44.5 Å². The molecule has 0 bridgehead atoms. The highest BCUT2D eigenvalue weighted by Crippen LogP contribution is 2.26. The molecule has 1 aromatic carbocycles. The van der Waals surface area contributed by atoms with Crippen LogP contribution in [0.25, 0.3) is 0 Å². The third-order valence-electron chi connectivity index (χ3n) is 5.88. The SMILES string of the molecule is CN=C(NCCCn1nc2n(c1=O)CCCC2)NC1CCN(c2c(F)cccc2F)C1. The van der Waals surface area contributed by atoms with Gasteiger partial charge in [0.1, 0.15) is 23.1 Å². The average Bonchev–Trinajstić information content (AvgIpc) is 3.35. The number of hydrogen-bond donors (Lipinski definition) is 2. The molecule has 0 saturated carbocycles. The summed E-state index contributed by atoms with van der Waals surface area (Å²) < 4.78 is 31.4. The molecule has 0 radical (unpaired) electrons. The van der Waals surface area contributed by atoms with Crippen molar-refractivity contribution in [3.63, 3.8) is 0 Å². The van der Waals surface area contributed by atoms with Crippen LogP contribution in [0.5, 0.6) is 0 Å². The first-order valence-corrected chi connectivity index (χ1v) is 10.9. The van der Waals surface area contributed by atoms with Crippen LogP contribution in [0, 0.1) is 11.6 Å². The second-order valence-electron chi connectivity index (χ2n) is 8.03. The summed E-state index contributed by atoms with van der Waals surface area (Å²) in [5.74, 6) is 0.440. The normalized spacial score (nSPS) is 18.9. The summed E-state index contributed by atoms with van der Waals surface area (Å²) >= 11 is 0. The van der Waals surface area contributed by atoms with E-state index in [1.807, 2.05) is 0 Å². The highest BCUT2D eigenvalue weighted by molar-refractivity contribution is 5.80. The molecule has 0 spiro atoms. The van der Waals surface area contributed by atoms with E-state index in [1.165, 1.54) is 18.2 Å². The van der Waals surface area contributed by atoms with Gasteiger partial charge in [0.15, 0.2) is 5.96 Å². The van der Waals surface area contributed by atoms with Crippen LogP contribution in [0.1, 0.15) is 31.5 Å². The third-order valence-corrected chi connectivity index (χ3v) is 5.88. The fourth-order valence-electron chi connectivity index (χ4n) is 4.29. The minimum Gasteiger partial charge on any atom is -0.365 e. The lowest BCUT2D eigenvalue weighted by atomic mass is 10.2. The lowest BCUT2D eigenvalue weighted by Crippen LogP contribution is -2.45. The first kappa shape index (κ1) is 21.3. The first-order chi connectivity index (χ1) is 15.1. The Kier molecular flexibility index (Phi) is 6.53. The van der Waals surface area contributed by atoms with Gasteiger partial charge in [0.2, 0.25) is 0 Å². The largest absolute Gasteiger partial charge is 0.365 e. The van der Waals surface area contributed by atoms with Crippen LogP contribution in [0.4, 0.5) is 14.5 Å². The van der Waals surface area contributed by atoms with Crippen molar-refractivity contribution in [1.82, 2.24) is 25.0 Å². The molecule has 3 heterocycles. The lowest BCUT2D eigenvalue weighted by molar-refractivity contribution is 0.509. The van der Waals surface area contributed by atoms with Crippen molar-refractivity contribution in [3.05, 3.63) is 46.1 Å². The smallest absolute Gasteiger partial charge is 0.345 e. The Morgan fingerprint density at radius 3 is 2.81 bits per heavy atom. The predicted molar refractivity (Wildman–Crippen MR) is 116 cm³/mol. The van der Waals surface area contributed by atoms with Gasteiger partial charge in [-0.3, -0.25) is 9.56 Å². The average molecular weight is 434 g/mol. The Bertz CT molecular complexity index is 980. The minimum atomic E-state index is -0.542. The molecule has 0 aliphatic carbocycles. The molecule has 1 aromatic heterocycles. The number of hydrogen-bond acceptors (Lipinski definition) is 4. The number of halogens is 2. The van der Waals surface area contributed by atoms with Crippen LogP contribution in [0.15, 0.2) is 28.0 Å². The lowest BCUT2D eigenvalue weighted by Gasteiger charge is -2.21. The summed E-state index contributed by atoms with van der Waals surface area (Å²) in [6.07, 6.45) is 4.47. The number of aromatic nitrogens is 3. The van der Waals surface area contributed by atoms with Crippen LogP contribution < -0.4 is 21.2 Å². The fraction of sp³-hybridized carbons (Fsp3) is 0.571. The zero-order valence-corrected chi connectivity index (χ0v) is 17.8. The van der Waals surface area contributed by atoms with Gasteiger partial charge in [-0.05, 0) is 37.8 Å². The van der Waals surface area contributed by atoms with Crippen LogP contribution >= 0.6 is 0 Å². The van der Waals surface area contributed by atoms with Crippen LogP contribution in [-0.2, 0) is 19.5 Å². The molecule has 2 aliphatic rings. The van der Waals surface area contributed by atoms with Gasteiger partial charge in [0, 0.05) is 52.2 Å². The maximum Gasteiger partial charge on any atom is 0.345 e. The number of fused-ring (bicyclic) bond motifs is 1. The zero-order chi connectivity index (χ0) is 21.8. The Labute approximate surface area is 180 Å². The molecule has 4 rings (SSSR count). The van der Waals surface area contributed by atoms with Gasteiger partial charge in [0.05, 0.1) is 0 Å². The van der Waals surface area contributed by atoms with E-state index < -0.39 is 11.6 Å². The summed E-state index contributed by atoms with van der Waals surface area (Å²) in [5, 5.41) is 11.0. The fourth-order valence-corrected chi connectivity index (χ4v) is 4.29. The maximum absolute atomic E-state index is 14.0. The molecule has 31 heavy (non-hydrogen) atoms. The van der Waals surface area contributed by atoms with E-state index in [9.17, 15) is 13.6 Å². The standard InChI is InChI=1S/C21H29F2N7O/c1-24-20(25-10-5-12-30-21(31)29-11-3-2-8-18(29)27-30)26-15-9-13-28(14-15)19-16(22)6-4-7-17(19)23/h4,6-7,15H,2-3,5,8-14H2,1H3,(H2,24,25,26). The maximum atomic E-state index is 14.0. The molecule has 1 fully saturated rings. The molecule has 1 atom stereocenters. The Balaban J connectivity index is 1.24. The van der Waals surface area contributed by atoms with Gasteiger partial charge in [-0.15, -0.1) is 0 Å². The Morgan fingerprint density at radius 1 is 1.26 bits per heavy atom. The summed E-state index contributed by atoms with van der Waals surface area (Å²) in [6, 6.07) is 3.97. The van der Waals surface area contributed by atoms with E-state index in [-0.39, 0.29) is 17.4 Å². The summed E-state index contributed by atoms with van der Waals surface area (Å²) in [5.41, 5.74) is 0.00610. The second kappa shape index (κ2) is 9.49. The van der Waals surface area contributed by atoms with Crippen molar-refractivity contribution in [2.24, 2.45) is 4.99 Å². The number of nitrogens with zero attached hydrogens (tertiary/aromatic N) is 5. The minimum absolute atomic E-state index is 0.0244. The van der Waals surface area contributed by atoms with Crippen molar-refractivity contribution < 1.29 is 8.78 Å². The van der Waals surface area contributed by atoms with E-state index in [4.69, 9.17) is 0 Å².